The van der Waals surface area contributed by atoms with Crippen molar-refractivity contribution in [2.45, 2.75) is 90.2 Å². The highest BCUT2D eigenvalue weighted by molar-refractivity contribution is 6.31. The summed E-state index contributed by atoms with van der Waals surface area (Å²) in [5.41, 5.74) is 0.286. The summed E-state index contributed by atoms with van der Waals surface area (Å²) in [4.78, 5) is 43.4. The lowest BCUT2D eigenvalue weighted by atomic mass is 9.73. The van der Waals surface area contributed by atoms with E-state index in [1.165, 1.54) is 0 Å². The van der Waals surface area contributed by atoms with Gasteiger partial charge in [-0.1, -0.05) is 56.5 Å². The number of fused-ring (bicyclic) bond motifs is 1. The van der Waals surface area contributed by atoms with Gasteiger partial charge in [0.2, 0.25) is 17.7 Å². The van der Waals surface area contributed by atoms with Crippen molar-refractivity contribution < 1.29 is 23.9 Å². The first-order valence-corrected chi connectivity index (χ1v) is 15.1. The van der Waals surface area contributed by atoms with Crippen molar-refractivity contribution in [2.24, 2.45) is 23.7 Å². The summed E-state index contributed by atoms with van der Waals surface area (Å²) in [5.74, 6) is -1.42. The van der Waals surface area contributed by atoms with E-state index in [0.29, 0.717) is 42.1 Å². The molecule has 0 radical (unpaired) electrons. The van der Waals surface area contributed by atoms with Crippen LogP contribution in [0.5, 0.6) is 0 Å². The van der Waals surface area contributed by atoms with Gasteiger partial charge < -0.3 is 25.0 Å². The second-order valence-electron chi connectivity index (χ2n) is 12.3. The number of aryl methyl sites for hydroxylation is 1. The van der Waals surface area contributed by atoms with E-state index in [9.17, 15) is 14.4 Å². The van der Waals surface area contributed by atoms with Crippen molar-refractivity contribution in [1.29, 1.82) is 0 Å². The van der Waals surface area contributed by atoms with Crippen LogP contribution < -0.4 is 10.6 Å². The number of nitrogens with one attached hydrogen (secondary N) is 2. The number of hydrogen-bond donors (Lipinski definition) is 2. The van der Waals surface area contributed by atoms with Gasteiger partial charge in [0, 0.05) is 29.9 Å². The Morgan fingerprint density at radius 2 is 2.00 bits per heavy atom. The molecule has 0 unspecified atom stereocenters. The van der Waals surface area contributed by atoms with Gasteiger partial charge in [0.05, 0.1) is 24.0 Å². The molecule has 8 nitrogen and oxygen atoms in total. The third-order valence-corrected chi connectivity index (χ3v) is 9.80. The number of benzene rings is 1. The molecule has 218 valence electrons. The Hall–Kier alpha value is -2.42. The lowest BCUT2D eigenvalue weighted by Crippen LogP contribution is -2.58. The molecule has 40 heavy (non-hydrogen) atoms. The molecule has 3 fully saturated rings. The topological polar surface area (TPSA) is 97.0 Å². The third-order valence-electron chi connectivity index (χ3n) is 9.39. The molecule has 1 aromatic rings. The Labute approximate surface area is 242 Å². The molecule has 2 bridgehead atoms. The van der Waals surface area contributed by atoms with E-state index in [1.807, 2.05) is 39.0 Å². The minimum Gasteiger partial charge on any atom is -0.379 e. The van der Waals surface area contributed by atoms with Gasteiger partial charge in [-0.3, -0.25) is 14.4 Å². The summed E-state index contributed by atoms with van der Waals surface area (Å²) in [6.07, 6.45) is 6.91. The monoisotopic (exact) mass is 571 g/mol. The standard InChI is InChI=1S/C31H42ClN3O5/c1-17(2)39-15-7-14-35-27(29(37)34-23-9-6-8-18(3)20(23)5)31-13-12-24(40-31)25(26(31)30(35)38)28(36)33-21-11-10-19(4)22(32)16-21/h10-13,16-18,20,23-27H,6-9,14-15H2,1-5H3,(H,33,36)(H,34,37)/t18-,20+,23-,24+,25-,26+,27+,31+/m1/s1. The van der Waals surface area contributed by atoms with Crippen LogP contribution in [0.1, 0.15) is 58.9 Å². The minimum atomic E-state index is -1.18. The average Bonchev–Trinajstić information content (AvgIpc) is 3.54. The average molecular weight is 572 g/mol. The van der Waals surface area contributed by atoms with E-state index in [-0.39, 0.29) is 29.9 Å². The Morgan fingerprint density at radius 3 is 2.73 bits per heavy atom. The zero-order chi connectivity index (χ0) is 28.8. The summed E-state index contributed by atoms with van der Waals surface area (Å²) in [6, 6.07) is 4.53. The highest BCUT2D eigenvalue weighted by Gasteiger charge is 2.72. The number of hydrogen-bond acceptors (Lipinski definition) is 5. The van der Waals surface area contributed by atoms with E-state index in [2.05, 4.69) is 24.5 Å². The molecule has 1 aliphatic carbocycles. The number of carbonyl (C=O) groups excluding carboxylic acids is 3. The molecule has 9 heteroatoms. The number of nitrogens with zero attached hydrogens (tertiary/aromatic N) is 1. The molecular formula is C31H42ClN3O5. The Morgan fingerprint density at radius 1 is 1.23 bits per heavy atom. The van der Waals surface area contributed by atoms with Gasteiger partial charge in [-0.05, 0) is 63.1 Å². The molecule has 3 amide bonds. The van der Waals surface area contributed by atoms with Crippen LogP contribution in [0.4, 0.5) is 5.69 Å². The SMILES string of the molecule is Cc1ccc(NC(=O)[C@@H]2[C@@H]3C=C[C@]4(O3)[C@@H]2C(=O)N(CCCOC(C)C)[C@H]4C(=O)N[C@@H]2CCC[C@@H](C)[C@@H]2C)cc1Cl. The maximum atomic E-state index is 14.1. The second kappa shape index (κ2) is 11.5. The zero-order valence-corrected chi connectivity index (χ0v) is 24.9. The van der Waals surface area contributed by atoms with E-state index >= 15 is 0 Å². The Kier molecular flexibility index (Phi) is 8.33. The van der Waals surface area contributed by atoms with Gasteiger partial charge in [0.15, 0.2) is 0 Å². The first-order valence-electron chi connectivity index (χ1n) is 14.7. The number of rotatable bonds is 9. The fourth-order valence-electron chi connectivity index (χ4n) is 7.01. The van der Waals surface area contributed by atoms with Crippen molar-refractivity contribution in [3.8, 4) is 0 Å². The second-order valence-corrected chi connectivity index (χ2v) is 12.7. The first-order chi connectivity index (χ1) is 19.0. The van der Waals surface area contributed by atoms with Gasteiger partial charge in [-0.15, -0.1) is 0 Å². The molecular weight excluding hydrogens is 530 g/mol. The summed E-state index contributed by atoms with van der Waals surface area (Å²) >= 11 is 6.28. The van der Waals surface area contributed by atoms with Crippen LogP contribution in [0.15, 0.2) is 30.4 Å². The molecule has 5 rings (SSSR count). The Balaban J connectivity index is 1.41. The molecule has 3 heterocycles. The van der Waals surface area contributed by atoms with Gasteiger partial charge in [-0.2, -0.15) is 0 Å². The van der Waals surface area contributed by atoms with Gasteiger partial charge >= 0.3 is 0 Å². The summed E-state index contributed by atoms with van der Waals surface area (Å²) in [7, 11) is 0. The van der Waals surface area contributed by atoms with Crippen molar-refractivity contribution in [3.63, 3.8) is 0 Å². The normalized spacial score (nSPS) is 34.4. The van der Waals surface area contributed by atoms with E-state index in [1.54, 1.807) is 17.0 Å². The smallest absolute Gasteiger partial charge is 0.246 e. The molecule has 8 atom stereocenters. The largest absolute Gasteiger partial charge is 0.379 e. The number of carbonyl (C=O) groups is 3. The van der Waals surface area contributed by atoms with Crippen molar-refractivity contribution in [2.75, 3.05) is 18.5 Å². The molecule has 4 aliphatic rings. The molecule has 2 N–H and O–H groups in total. The first kappa shape index (κ1) is 29.1. The lowest BCUT2D eigenvalue weighted by Gasteiger charge is -2.38. The van der Waals surface area contributed by atoms with Gasteiger partial charge in [0.1, 0.15) is 11.6 Å². The van der Waals surface area contributed by atoms with Crippen LogP contribution in [0, 0.1) is 30.6 Å². The van der Waals surface area contributed by atoms with Crippen LogP contribution in [-0.2, 0) is 23.9 Å². The molecule has 1 aromatic carbocycles. The van der Waals surface area contributed by atoms with E-state index < -0.39 is 29.6 Å². The van der Waals surface area contributed by atoms with Gasteiger partial charge in [-0.25, -0.2) is 0 Å². The molecule has 3 aliphatic heterocycles. The lowest BCUT2D eigenvalue weighted by molar-refractivity contribution is -0.142. The summed E-state index contributed by atoms with van der Waals surface area (Å²) < 4.78 is 12.2. The number of ether oxygens (including phenoxy) is 2. The molecule has 1 spiro atoms. The number of likely N-dealkylation sites (tertiary alicyclic amines) is 1. The molecule has 0 aromatic heterocycles. The number of anilines is 1. The Bertz CT molecular complexity index is 1190. The molecule has 2 saturated heterocycles. The zero-order valence-electron chi connectivity index (χ0n) is 24.1. The van der Waals surface area contributed by atoms with Crippen LogP contribution in [0.2, 0.25) is 5.02 Å². The van der Waals surface area contributed by atoms with Crippen molar-refractivity contribution >= 4 is 35.0 Å². The number of halogens is 1. The van der Waals surface area contributed by atoms with Crippen molar-refractivity contribution in [1.82, 2.24) is 10.2 Å². The summed E-state index contributed by atoms with van der Waals surface area (Å²) in [6.45, 7) is 11.1. The maximum Gasteiger partial charge on any atom is 0.246 e. The number of amides is 3. The van der Waals surface area contributed by atoms with Crippen LogP contribution in [0.3, 0.4) is 0 Å². The van der Waals surface area contributed by atoms with Crippen LogP contribution in [-0.4, -0.2) is 65.7 Å². The minimum absolute atomic E-state index is 0.0425. The van der Waals surface area contributed by atoms with Crippen LogP contribution >= 0.6 is 11.6 Å². The quantitative estimate of drug-likeness (QED) is 0.336. The fourth-order valence-corrected chi connectivity index (χ4v) is 7.19. The van der Waals surface area contributed by atoms with E-state index in [0.717, 1.165) is 24.8 Å². The van der Waals surface area contributed by atoms with Crippen molar-refractivity contribution in [3.05, 3.63) is 40.9 Å². The third kappa shape index (κ3) is 5.19. The molecule has 1 saturated carbocycles. The maximum absolute atomic E-state index is 14.1. The predicted octanol–water partition coefficient (Wildman–Crippen LogP) is 4.49. The van der Waals surface area contributed by atoms with Gasteiger partial charge in [0.25, 0.3) is 0 Å². The highest BCUT2D eigenvalue weighted by Crippen LogP contribution is 2.55. The van der Waals surface area contributed by atoms with E-state index in [4.69, 9.17) is 21.1 Å². The fraction of sp³-hybridized carbons (Fsp3) is 0.645. The highest BCUT2D eigenvalue weighted by atomic mass is 35.5. The predicted molar refractivity (Wildman–Crippen MR) is 154 cm³/mol. The van der Waals surface area contributed by atoms with Crippen LogP contribution in [0.25, 0.3) is 0 Å². The summed E-state index contributed by atoms with van der Waals surface area (Å²) in [5, 5.41) is 6.78.